The molecule has 0 aliphatic heterocycles. The average molecular weight is 373 g/mol. The number of Topliss-reactive ketones (excluding diaryl/α,β-unsaturated/α-hetero) is 1. The van der Waals surface area contributed by atoms with Gasteiger partial charge in [0.2, 0.25) is 5.78 Å². The summed E-state index contributed by atoms with van der Waals surface area (Å²) >= 11 is 0. The van der Waals surface area contributed by atoms with Gasteiger partial charge in [-0.25, -0.2) is 4.79 Å². The second kappa shape index (κ2) is 7.56. The Morgan fingerprint density at radius 3 is 2.43 bits per heavy atom. The summed E-state index contributed by atoms with van der Waals surface area (Å²) in [6.07, 6.45) is 0. The molecule has 28 heavy (non-hydrogen) atoms. The molecular weight excluding hydrogens is 354 g/mol. The molecule has 0 spiro atoms. The van der Waals surface area contributed by atoms with Crippen molar-refractivity contribution in [3.63, 3.8) is 0 Å². The molecule has 0 aliphatic carbocycles. The summed E-state index contributed by atoms with van der Waals surface area (Å²) in [5, 5.41) is 2.77. The summed E-state index contributed by atoms with van der Waals surface area (Å²) in [5.74, 6) is -0.221. The second-order valence-corrected chi connectivity index (χ2v) is 6.52. The van der Waals surface area contributed by atoms with Crippen molar-refractivity contribution in [2.45, 2.75) is 6.92 Å². The van der Waals surface area contributed by atoms with E-state index in [1.165, 1.54) is 0 Å². The Labute approximate surface area is 161 Å². The molecule has 3 aromatic carbocycles. The third-order valence-electron chi connectivity index (χ3n) is 4.63. The van der Waals surface area contributed by atoms with Crippen molar-refractivity contribution < 1.29 is 19.1 Å². The molecular formula is C23H19NO4. The van der Waals surface area contributed by atoms with Crippen LogP contribution in [0.15, 0.2) is 66.7 Å². The highest BCUT2D eigenvalue weighted by atomic mass is 16.6. The molecule has 4 rings (SSSR count). The van der Waals surface area contributed by atoms with Gasteiger partial charge in [-0.2, -0.15) is 0 Å². The van der Waals surface area contributed by atoms with Gasteiger partial charge in [0.05, 0.1) is 0 Å². The van der Waals surface area contributed by atoms with Gasteiger partial charge in [0.1, 0.15) is 5.75 Å². The highest BCUT2D eigenvalue weighted by Crippen LogP contribution is 2.25. The van der Waals surface area contributed by atoms with Gasteiger partial charge >= 0.3 is 5.97 Å². The van der Waals surface area contributed by atoms with E-state index in [-0.39, 0.29) is 19.0 Å². The number of ether oxygens (including phenoxy) is 2. The number of carbonyl (C=O) groups is 2. The van der Waals surface area contributed by atoms with Crippen LogP contribution in [0.25, 0.3) is 21.7 Å². The molecule has 5 heteroatoms. The van der Waals surface area contributed by atoms with Gasteiger partial charge in [-0.05, 0) is 24.4 Å². The maximum absolute atomic E-state index is 12.6. The van der Waals surface area contributed by atoms with E-state index in [1.807, 2.05) is 67.6 Å². The molecule has 0 bridgehead atoms. The maximum Gasteiger partial charge on any atom is 0.344 e. The van der Waals surface area contributed by atoms with Crippen molar-refractivity contribution in [2.24, 2.45) is 0 Å². The molecule has 4 aromatic rings. The van der Waals surface area contributed by atoms with Crippen LogP contribution in [-0.2, 0) is 9.53 Å². The fraction of sp³-hybridized carbons (Fsp3) is 0.130. The van der Waals surface area contributed by atoms with E-state index in [2.05, 4.69) is 4.98 Å². The van der Waals surface area contributed by atoms with Crippen LogP contribution in [-0.4, -0.2) is 30.0 Å². The number of rotatable bonds is 6. The number of benzene rings is 3. The zero-order valence-electron chi connectivity index (χ0n) is 15.4. The topological polar surface area (TPSA) is 68.4 Å². The first-order chi connectivity index (χ1) is 13.6. The smallest absolute Gasteiger partial charge is 0.344 e. The largest absolute Gasteiger partial charge is 0.481 e. The predicted molar refractivity (Wildman–Crippen MR) is 108 cm³/mol. The summed E-state index contributed by atoms with van der Waals surface area (Å²) in [5.41, 5.74) is 2.20. The van der Waals surface area contributed by atoms with E-state index < -0.39 is 5.97 Å². The van der Waals surface area contributed by atoms with Crippen molar-refractivity contribution in [1.82, 2.24) is 4.98 Å². The molecule has 0 aliphatic rings. The van der Waals surface area contributed by atoms with E-state index in [0.29, 0.717) is 11.3 Å². The number of hydrogen-bond donors (Lipinski definition) is 1. The summed E-state index contributed by atoms with van der Waals surface area (Å²) < 4.78 is 10.7. The van der Waals surface area contributed by atoms with E-state index >= 15 is 0 Å². The van der Waals surface area contributed by atoms with Crippen molar-refractivity contribution in [3.05, 3.63) is 78.0 Å². The minimum Gasteiger partial charge on any atom is -0.481 e. The fourth-order valence-corrected chi connectivity index (χ4v) is 3.35. The number of carbonyl (C=O) groups excluding carboxylic acids is 2. The lowest BCUT2D eigenvalue weighted by atomic mass is 10.1. The van der Waals surface area contributed by atoms with Gasteiger partial charge in [0, 0.05) is 27.5 Å². The molecule has 0 fully saturated rings. The molecule has 0 saturated heterocycles. The van der Waals surface area contributed by atoms with Gasteiger partial charge in [-0.1, -0.05) is 54.6 Å². The predicted octanol–water partition coefficient (Wildman–Crippen LogP) is 4.43. The van der Waals surface area contributed by atoms with E-state index in [4.69, 9.17) is 9.47 Å². The first-order valence-corrected chi connectivity index (χ1v) is 9.00. The Bertz CT molecular complexity index is 1170. The number of esters is 1. The van der Waals surface area contributed by atoms with Crippen LogP contribution in [0.1, 0.15) is 16.1 Å². The SMILES string of the molecule is Cc1[nH]c2ccccc2c1C(=O)COC(=O)COc1cccc2ccccc12. The third-order valence-corrected chi connectivity index (χ3v) is 4.63. The Balaban J connectivity index is 1.39. The standard InChI is InChI=1S/C23H19NO4/c1-15-23(18-10-4-5-11-19(18)24-15)20(25)13-28-22(26)14-27-21-12-6-8-16-7-2-3-9-17(16)21/h2-12,24H,13-14H2,1H3. The summed E-state index contributed by atoms with van der Waals surface area (Å²) in [6.45, 7) is 1.26. The first kappa shape index (κ1) is 17.8. The number of para-hydroxylation sites is 1. The maximum atomic E-state index is 12.6. The van der Waals surface area contributed by atoms with E-state index in [0.717, 1.165) is 27.4 Å². The van der Waals surface area contributed by atoms with Gasteiger partial charge < -0.3 is 14.5 Å². The quantitative estimate of drug-likeness (QED) is 0.401. The van der Waals surface area contributed by atoms with Crippen LogP contribution in [0.3, 0.4) is 0 Å². The molecule has 1 heterocycles. The van der Waals surface area contributed by atoms with Crippen molar-refractivity contribution in [3.8, 4) is 5.75 Å². The number of H-pyrrole nitrogens is 1. The number of fused-ring (bicyclic) bond motifs is 2. The lowest BCUT2D eigenvalue weighted by molar-refractivity contribution is -0.144. The van der Waals surface area contributed by atoms with Crippen LogP contribution in [0.2, 0.25) is 0 Å². The summed E-state index contributed by atoms with van der Waals surface area (Å²) in [6, 6.07) is 21.0. The van der Waals surface area contributed by atoms with Crippen molar-refractivity contribution in [2.75, 3.05) is 13.2 Å². The Morgan fingerprint density at radius 1 is 0.857 bits per heavy atom. The lowest BCUT2D eigenvalue weighted by Crippen LogP contribution is -2.19. The Morgan fingerprint density at radius 2 is 1.57 bits per heavy atom. The van der Waals surface area contributed by atoms with Gasteiger partial charge in [0.15, 0.2) is 13.2 Å². The average Bonchev–Trinajstić information content (AvgIpc) is 3.06. The van der Waals surface area contributed by atoms with Crippen LogP contribution in [0.4, 0.5) is 0 Å². The molecule has 0 atom stereocenters. The molecule has 1 aromatic heterocycles. The molecule has 0 radical (unpaired) electrons. The zero-order chi connectivity index (χ0) is 19.5. The highest BCUT2D eigenvalue weighted by molar-refractivity contribution is 6.10. The van der Waals surface area contributed by atoms with Crippen LogP contribution in [0, 0.1) is 6.92 Å². The van der Waals surface area contributed by atoms with Gasteiger partial charge in [0.25, 0.3) is 0 Å². The van der Waals surface area contributed by atoms with Crippen LogP contribution >= 0.6 is 0 Å². The third kappa shape index (κ3) is 3.47. The molecule has 140 valence electrons. The highest BCUT2D eigenvalue weighted by Gasteiger charge is 2.17. The normalized spacial score (nSPS) is 10.9. The van der Waals surface area contributed by atoms with Gasteiger partial charge in [-0.15, -0.1) is 0 Å². The fourth-order valence-electron chi connectivity index (χ4n) is 3.35. The molecule has 0 amide bonds. The molecule has 0 saturated carbocycles. The second-order valence-electron chi connectivity index (χ2n) is 6.52. The molecule has 1 N–H and O–H groups in total. The Kier molecular flexibility index (Phi) is 4.81. The zero-order valence-corrected chi connectivity index (χ0v) is 15.4. The minimum atomic E-state index is -0.584. The number of aryl methyl sites for hydroxylation is 1. The number of hydrogen-bond acceptors (Lipinski definition) is 4. The van der Waals surface area contributed by atoms with E-state index in [9.17, 15) is 9.59 Å². The van der Waals surface area contributed by atoms with Crippen LogP contribution in [0.5, 0.6) is 5.75 Å². The number of aromatic nitrogens is 1. The minimum absolute atomic E-state index is 0.242. The van der Waals surface area contributed by atoms with Crippen LogP contribution < -0.4 is 4.74 Å². The Hall–Kier alpha value is -3.60. The number of nitrogens with one attached hydrogen (secondary N) is 1. The van der Waals surface area contributed by atoms with E-state index in [1.54, 1.807) is 6.07 Å². The molecule has 5 nitrogen and oxygen atoms in total. The summed E-state index contributed by atoms with van der Waals surface area (Å²) in [4.78, 5) is 27.8. The molecule has 0 unspecified atom stereocenters. The monoisotopic (exact) mass is 373 g/mol. The first-order valence-electron chi connectivity index (χ1n) is 9.00. The van der Waals surface area contributed by atoms with Crippen molar-refractivity contribution in [1.29, 1.82) is 0 Å². The number of ketones is 1. The number of aromatic amines is 1. The van der Waals surface area contributed by atoms with Gasteiger partial charge in [-0.3, -0.25) is 4.79 Å². The van der Waals surface area contributed by atoms with Crippen molar-refractivity contribution >= 4 is 33.4 Å². The summed E-state index contributed by atoms with van der Waals surface area (Å²) in [7, 11) is 0. The lowest BCUT2D eigenvalue weighted by Gasteiger charge is -2.09.